The molecule has 2 aliphatic carbocycles. The SMILES string of the molecule is C[C@]12CC[C@H]3OC(O)CC[C@H]3[C@@H]1CCC2=O. The van der Waals surface area contributed by atoms with E-state index in [4.69, 9.17) is 4.74 Å². The van der Waals surface area contributed by atoms with Crippen molar-refractivity contribution < 1.29 is 14.6 Å². The zero-order valence-electron chi connectivity index (χ0n) is 9.82. The Labute approximate surface area is 96.2 Å². The van der Waals surface area contributed by atoms with Crippen molar-refractivity contribution in [1.82, 2.24) is 0 Å². The van der Waals surface area contributed by atoms with Gasteiger partial charge < -0.3 is 9.84 Å². The molecule has 2 saturated carbocycles. The van der Waals surface area contributed by atoms with E-state index in [1.165, 1.54) is 0 Å². The maximum Gasteiger partial charge on any atom is 0.154 e. The van der Waals surface area contributed by atoms with Gasteiger partial charge >= 0.3 is 0 Å². The Morgan fingerprint density at radius 1 is 1.31 bits per heavy atom. The first-order chi connectivity index (χ1) is 7.61. The van der Waals surface area contributed by atoms with Crippen molar-refractivity contribution in [2.45, 2.75) is 57.8 Å². The average molecular weight is 224 g/mol. The summed E-state index contributed by atoms with van der Waals surface area (Å²) >= 11 is 0. The van der Waals surface area contributed by atoms with Gasteiger partial charge in [0.1, 0.15) is 5.78 Å². The Kier molecular flexibility index (Phi) is 2.37. The molecule has 1 saturated heterocycles. The molecule has 0 spiro atoms. The largest absolute Gasteiger partial charge is 0.368 e. The number of ether oxygens (including phenoxy) is 1. The van der Waals surface area contributed by atoms with Crippen LogP contribution in [0.15, 0.2) is 0 Å². The van der Waals surface area contributed by atoms with Gasteiger partial charge in [0.2, 0.25) is 0 Å². The predicted octanol–water partition coefficient (Wildman–Crippen LogP) is 1.88. The van der Waals surface area contributed by atoms with Crippen LogP contribution in [0.25, 0.3) is 0 Å². The zero-order chi connectivity index (χ0) is 11.3. The van der Waals surface area contributed by atoms with Crippen LogP contribution in [-0.4, -0.2) is 23.3 Å². The van der Waals surface area contributed by atoms with E-state index in [1.807, 2.05) is 0 Å². The third-order valence-corrected chi connectivity index (χ3v) is 5.16. The fourth-order valence-electron chi connectivity index (χ4n) is 4.19. The summed E-state index contributed by atoms with van der Waals surface area (Å²) in [5.74, 6) is 1.47. The molecule has 16 heavy (non-hydrogen) atoms. The molecule has 1 heterocycles. The van der Waals surface area contributed by atoms with Crippen LogP contribution in [0.3, 0.4) is 0 Å². The molecule has 1 aliphatic heterocycles. The van der Waals surface area contributed by atoms with E-state index in [-0.39, 0.29) is 11.5 Å². The number of carbonyl (C=O) groups excluding carboxylic acids is 1. The van der Waals surface area contributed by atoms with Crippen molar-refractivity contribution in [3.8, 4) is 0 Å². The average Bonchev–Trinajstić information content (AvgIpc) is 2.56. The molecule has 0 radical (unpaired) electrons. The standard InChI is InChI=1S/C13H20O3/c1-13-7-6-10-8(2-5-12(15)16-10)9(13)3-4-11(13)14/h8-10,12,15H,2-7H2,1H3/t8-,9-,10+,12?,13-/m0/s1. The van der Waals surface area contributed by atoms with Gasteiger partial charge in [0, 0.05) is 11.8 Å². The summed E-state index contributed by atoms with van der Waals surface area (Å²) in [4.78, 5) is 12.0. The second-order valence-electron chi connectivity index (χ2n) is 5.89. The monoisotopic (exact) mass is 224 g/mol. The summed E-state index contributed by atoms with van der Waals surface area (Å²) in [6.45, 7) is 2.15. The molecule has 0 aromatic rings. The number of carbonyl (C=O) groups is 1. The highest BCUT2D eigenvalue weighted by Gasteiger charge is 2.54. The normalized spacial score (nSPS) is 52.2. The highest BCUT2D eigenvalue weighted by Crippen LogP contribution is 2.55. The summed E-state index contributed by atoms with van der Waals surface area (Å²) < 4.78 is 5.62. The third-order valence-electron chi connectivity index (χ3n) is 5.16. The molecule has 3 aliphatic rings. The first kappa shape index (κ1) is 10.7. The second kappa shape index (κ2) is 3.54. The molecular weight excluding hydrogens is 204 g/mol. The molecule has 3 nitrogen and oxygen atoms in total. The van der Waals surface area contributed by atoms with Crippen molar-refractivity contribution in [1.29, 1.82) is 0 Å². The number of aliphatic hydroxyl groups is 1. The number of fused-ring (bicyclic) bond motifs is 3. The Balaban J connectivity index is 1.84. The topological polar surface area (TPSA) is 46.5 Å². The molecule has 1 N–H and O–H groups in total. The van der Waals surface area contributed by atoms with Crippen molar-refractivity contribution in [3.63, 3.8) is 0 Å². The van der Waals surface area contributed by atoms with Gasteiger partial charge in [0.15, 0.2) is 6.29 Å². The van der Waals surface area contributed by atoms with Gasteiger partial charge in [0.25, 0.3) is 0 Å². The van der Waals surface area contributed by atoms with Crippen LogP contribution < -0.4 is 0 Å². The lowest BCUT2D eigenvalue weighted by Gasteiger charge is -2.48. The first-order valence-corrected chi connectivity index (χ1v) is 6.48. The molecule has 1 unspecified atom stereocenters. The molecular formula is C13H20O3. The van der Waals surface area contributed by atoms with E-state index in [9.17, 15) is 9.90 Å². The highest BCUT2D eigenvalue weighted by atomic mass is 16.6. The number of rotatable bonds is 0. The Morgan fingerprint density at radius 2 is 2.12 bits per heavy atom. The molecule has 5 atom stereocenters. The van der Waals surface area contributed by atoms with Gasteiger partial charge in [-0.1, -0.05) is 6.92 Å². The van der Waals surface area contributed by atoms with Crippen LogP contribution in [0.4, 0.5) is 0 Å². The first-order valence-electron chi connectivity index (χ1n) is 6.48. The summed E-state index contributed by atoms with van der Waals surface area (Å²) in [5.41, 5.74) is -0.0766. The maximum absolute atomic E-state index is 12.0. The van der Waals surface area contributed by atoms with Gasteiger partial charge in [-0.2, -0.15) is 0 Å². The van der Waals surface area contributed by atoms with E-state index in [0.717, 1.165) is 38.5 Å². The minimum atomic E-state index is -0.567. The van der Waals surface area contributed by atoms with Gasteiger partial charge in [-0.25, -0.2) is 0 Å². The van der Waals surface area contributed by atoms with Crippen molar-refractivity contribution in [3.05, 3.63) is 0 Å². The van der Waals surface area contributed by atoms with Gasteiger partial charge in [-0.3, -0.25) is 4.79 Å². The molecule has 3 fully saturated rings. The van der Waals surface area contributed by atoms with Crippen LogP contribution in [0.5, 0.6) is 0 Å². The highest BCUT2D eigenvalue weighted by molar-refractivity contribution is 5.87. The molecule has 0 amide bonds. The van der Waals surface area contributed by atoms with Gasteiger partial charge in [0.05, 0.1) is 6.10 Å². The van der Waals surface area contributed by atoms with Crippen LogP contribution in [-0.2, 0) is 9.53 Å². The van der Waals surface area contributed by atoms with E-state index < -0.39 is 6.29 Å². The second-order valence-corrected chi connectivity index (χ2v) is 5.89. The lowest BCUT2D eigenvalue weighted by Crippen LogP contribution is -2.48. The molecule has 0 bridgehead atoms. The molecule has 3 rings (SSSR count). The van der Waals surface area contributed by atoms with Crippen molar-refractivity contribution in [2.75, 3.05) is 0 Å². The summed E-state index contributed by atoms with van der Waals surface area (Å²) in [7, 11) is 0. The number of hydrogen-bond acceptors (Lipinski definition) is 3. The number of ketones is 1. The Bertz CT molecular complexity index is 314. The van der Waals surface area contributed by atoms with E-state index in [0.29, 0.717) is 17.6 Å². The summed E-state index contributed by atoms with van der Waals surface area (Å²) in [5, 5.41) is 9.52. The Hall–Kier alpha value is -0.410. The lowest BCUT2D eigenvalue weighted by atomic mass is 9.61. The van der Waals surface area contributed by atoms with Crippen LogP contribution in [0, 0.1) is 17.3 Å². The fourth-order valence-corrected chi connectivity index (χ4v) is 4.19. The number of aliphatic hydroxyl groups excluding tert-OH is 1. The molecule has 3 heteroatoms. The molecule has 90 valence electrons. The maximum atomic E-state index is 12.0. The van der Waals surface area contributed by atoms with Crippen LogP contribution in [0.2, 0.25) is 0 Å². The minimum Gasteiger partial charge on any atom is -0.368 e. The van der Waals surface area contributed by atoms with Crippen molar-refractivity contribution in [2.24, 2.45) is 17.3 Å². The minimum absolute atomic E-state index is 0.0766. The fraction of sp³-hybridized carbons (Fsp3) is 0.923. The summed E-state index contributed by atoms with van der Waals surface area (Å²) in [6, 6.07) is 0. The van der Waals surface area contributed by atoms with Crippen LogP contribution in [0.1, 0.15) is 45.4 Å². The quantitative estimate of drug-likeness (QED) is 0.683. The number of Topliss-reactive ketones (excluding diaryl/α,β-unsaturated/α-hetero) is 1. The predicted molar refractivity (Wildman–Crippen MR) is 58.7 cm³/mol. The number of hydrogen-bond donors (Lipinski definition) is 1. The lowest BCUT2D eigenvalue weighted by molar-refractivity contribution is -0.209. The van der Waals surface area contributed by atoms with Crippen molar-refractivity contribution >= 4 is 5.78 Å². The van der Waals surface area contributed by atoms with E-state index >= 15 is 0 Å². The zero-order valence-corrected chi connectivity index (χ0v) is 9.82. The van der Waals surface area contributed by atoms with E-state index in [1.54, 1.807) is 0 Å². The van der Waals surface area contributed by atoms with Gasteiger partial charge in [-0.05, 0) is 43.9 Å². The van der Waals surface area contributed by atoms with E-state index in [2.05, 4.69) is 6.92 Å². The van der Waals surface area contributed by atoms with Crippen LogP contribution >= 0.6 is 0 Å². The molecule has 0 aromatic heterocycles. The Morgan fingerprint density at radius 3 is 2.94 bits per heavy atom. The van der Waals surface area contributed by atoms with Gasteiger partial charge in [-0.15, -0.1) is 0 Å². The smallest absolute Gasteiger partial charge is 0.154 e. The third kappa shape index (κ3) is 1.37. The molecule has 0 aromatic carbocycles. The summed E-state index contributed by atoms with van der Waals surface area (Å²) in [6.07, 6.45) is 5.09.